The standard InChI is InChI=1S/C23H25N2.C21H17N2.C21H19N2.C17H15N2.C17H17N2.15C2H6/c1-14-9-7-10-15-16-11-8-12-17-20(16)25-18(23(4,5)22(17,2)3)13-24(6)21(25)19(14)15;1-14-8-7-10-16-15-9-3-4-11-17(15)23-19-13-6-5-12-18(19)22(2)21(23)20(14)16;1-16-10-6-7-13-18(16)21-22(2)19-14-8-9-15-20(19)23(21)17-11-4-3-5-12-17;1-12-6-5-8-14-13-7-3-4-9-15(13)19-11-10-18(2)17(19)16(12)14;1-14-8-6-7-11-16(14)17-18(2)12-13-19(17)15-9-4-3-5-10-15;15*1-2/h7-13H,1-6H3;3-13H,1-2H3;3-15H,1-2H3;3-11H,1-2H3;3-13H,1-2H3;15*1-2H3/q5*+1;;;;;;;;;;;;;;;. The van der Waals surface area contributed by atoms with Crippen molar-refractivity contribution in [2.24, 2.45) is 35.2 Å². The minimum absolute atomic E-state index is 0.0504. The number of para-hydroxylation sites is 9. The molecule has 1 aliphatic rings. The maximum absolute atomic E-state index is 2.53. The van der Waals surface area contributed by atoms with Gasteiger partial charge < -0.3 is 0 Å². The van der Waals surface area contributed by atoms with E-state index in [1.54, 1.807) is 0 Å². The van der Waals surface area contributed by atoms with Gasteiger partial charge in [-0.05, 0) is 135 Å². The number of imidazole rings is 5. The van der Waals surface area contributed by atoms with E-state index in [1.165, 1.54) is 177 Å². The molecule has 0 saturated heterocycles. The Kier molecular flexibility index (Phi) is 54.7. The Balaban J connectivity index is 0.000000550. The van der Waals surface area contributed by atoms with Crippen LogP contribution >= 0.6 is 0 Å². The number of hydrogen-bond acceptors (Lipinski definition) is 0. The largest absolute Gasteiger partial charge is 0.295 e. The van der Waals surface area contributed by atoms with Gasteiger partial charge in [-0.1, -0.05) is 442 Å². The lowest BCUT2D eigenvalue weighted by atomic mass is 9.61. The lowest BCUT2D eigenvalue weighted by molar-refractivity contribution is -0.659. The topological polar surface area (TPSA) is 42.5 Å². The minimum atomic E-state index is 0.0504. The molecule has 10 heteroatoms. The van der Waals surface area contributed by atoms with Gasteiger partial charge in [-0.15, -0.1) is 0 Å². The summed E-state index contributed by atoms with van der Waals surface area (Å²) in [5, 5.41) is 12.0. The van der Waals surface area contributed by atoms with Crippen molar-refractivity contribution in [2.45, 2.75) is 281 Å². The van der Waals surface area contributed by atoms with E-state index in [0.717, 1.165) is 0 Å². The molecule has 10 nitrogen and oxygen atoms in total. The molecule has 0 fully saturated rings. The molecule has 0 unspecified atom stereocenters. The highest BCUT2D eigenvalue weighted by atomic mass is 15.2. The van der Waals surface area contributed by atoms with Crippen LogP contribution in [0, 0.1) is 34.6 Å². The molecule has 139 heavy (non-hydrogen) atoms. The first kappa shape index (κ1) is 122. The zero-order valence-corrected chi connectivity index (χ0v) is 94.9. The van der Waals surface area contributed by atoms with Crippen LogP contribution in [0.15, 0.2) is 310 Å². The van der Waals surface area contributed by atoms with Crippen LogP contribution in [0.1, 0.15) is 274 Å². The molecule has 0 radical (unpaired) electrons. The minimum Gasteiger partial charge on any atom is -0.232 e. The number of pyridine rings is 3. The molecule has 0 aliphatic carbocycles. The van der Waals surface area contributed by atoms with Crippen molar-refractivity contribution >= 4 is 104 Å². The SMILES string of the molecule is CC.CC.CC.CC.CC.CC.CC.CC.CC.CC.CC.CC.CC.CC.CC.Cc1cccc2c3cccc4c3n3c(c[n+](C)c3c12)C(C)(C)C4(C)C.Cc1cccc2c3ccccc3n3c4ccccc4[n+](C)c3c12.Cc1cccc2c3ccccc3n3cc[n+](C)c3c12.Cc1ccccc1-c1n(-c2ccccc2)c2ccccc2[n+]1C.Cc1ccccc1-c1n(-c2ccccc2)cc[n+]1C. The van der Waals surface area contributed by atoms with Crippen LogP contribution in [0.4, 0.5) is 0 Å². The van der Waals surface area contributed by atoms with Crippen LogP contribution in [0.25, 0.3) is 138 Å². The lowest BCUT2D eigenvalue weighted by Crippen LogP contribution is -2.44. The summed E-state index contributed by atoms with van der Waals surface area (Å²) in [6.07, 6.45) is 10.8. The summed E-state index contributed by atoms with van der Waals surface area (Å²) < 4.78 is 23.1. The molecule has 0 bridgehead atoms. The zero-order chi connectivity index (χ0) is 105. The maximum atomic E-state index is 2.53. The van der Waals surface area contributed by atoms with Crippen LogP contribution in [-0.2, 0) is 46.1 Å². The Bertz CT molecular complexity index is 6980. The van der Waals surface area contributed by atoms with Gasteiger partial charge in [0.1, 0.15) is 58.9 Å². The predicted octanol–water partition coefficient (Wildman–Crippen LogP) is 36.0. The fraction of sp³-hybridized carbons (Fsp3) is 0.357. The van der Waals surface area contributed by atoms with Crippen molar-refractivity contribution in [1.82, 2.24) is 22.3 Å². The Morgan fingerprint density at radius 2 is 0.590 bits per heavy atom. The fourth-order valence-electron chi connectivity index (χ4n) is 17.6. The highest BCUT2D eigenvalue weighted by molar-refractivity contribution is 6.15. The third-order valence-electron chi connectivity index (χ3n) is 23.8. The summed E-state index contributed by atoms with van der Waals surface area (Å²) in [5.74, 6) is 2.40. The summed E-state index contributed by atoms with van der Waals surface area (Å²) in [6, 6.07) is 99.2. The normalized spacial score (nSPS) is 10.7. The quantitative estimate of drug-likeness (QED) is 0.125. The first-order valence-corrected chi connectivity index (χ1v) is 53.0. The summed E-state index contributed by atoms with van der Waals surface area (Å²) >= 11 is 0. The molecule has 8 aromatic heterocycles. The van der Waals surface area contributed by atoms with Gasteiger partial charge in [-0.2, -0.15) is 22.3 Å². The molecule has 21 rings (SSSR count). The third kappa shape index (κ3) is 25.7. The summed E-state index contributed by atoms with van der Waals surface area (Å²) in [6.45, 7) is 80.5. The fourth-order valence-corrected chi connectivity index (χ4v) is 17.6. The average molecular weight is 1870 g/mol. The number of aryl methyl sites for hydroxylation is 10. The molecule has 0 atom stereocenters. The van der Waals surface area contributed by atoms with Gasteiger partial charge in [-0.25, -0.2) is 22.8 Å². The van der Waals surface area contributed by atoms with Crippen molar-refractivity contribution in [3.8, 4) is 34.2 Å². The van der Waals surface area contributed by atoms with Crippen molar-refractivity contribution in [2.75, 3.05) is 0 Å². The van der Waals surface area contributed by atoms with Crippen LogP contribution in [0.3, 0.4) is 0 Å². The highest BCUT2D eigenvalue weighted by Crippen LogP contribution is 2.51. The summed E-state index contributed by atoms with van der Waals surface area (Å²) in [7, 11) is 10.7. The van der Waals surface area contributed by atoms with Crippen LogP contribution < -0.4 is 22.8 Å². The molecule has 0 amide bonds. The average Bonchev–Trinajstić information content (AvgIpc) is 1.58. The van der Waals surface area contributed by atoms with Gasteiger partial charge in [0, 0.05) is 48.7 Å². The van der Waals surface area contributed by atoms with E-state index < -0.39 is 0 Å². The molecule has 1 aliphatic heterocycles. The summed E-state index contributed by atoms with van der Waals surface area (Å²) in [4.78, 5) is 0. The van der Waals surface area contributed by atoms with Gasteiger partial charge >= 0.3 is 0 Å². The highest BCUT2D eigenvalue weighted by Gasteiger charge is 2.50. The number of fused-ring (bicyclic) bond motifs is 18. The van der Waals surface area contributed by atoms with Crippen LogP contribution in [0.2, 0.25) is 0 Å². The molecular weight excluding hydrogens is 1690 g/mol. The Morgan fingerprint density at radius 1 is 0.245 bits per heavy atom. The number of rotatable bonds is 4. The molecule has 12 aromatic carbocycles. The molecule has 0 saturated carbocycles. The molecule has 0 N–H and O–H groups in total. The predicted molar refractivity (Wildman–Crippen MR) is 620 cm³/mol. The third-order valence-corrected chi connectivity index (χ3v) is 23.8. The second-order valence-corrected chi connectivity index (χ2v) is 30.7. The van der Waals surface area contributed by atoms with E-state index in [1.807, 2.05) is 214 Å². The molecule has 744 valence electrons. The maximum Gasteiger partial charge on any atom is 0.295 e. The Hall–Kier alpha value is -12.8. The molecule has 9 heterocycles. The van der Waals surface area contributed by atoms with Gasteiger partial charge in [0.15, 0.2) is 27.8 Å². The van der Waals surface area contributed by atoms with Crippen LogP contribution in [0.5, 0.6) is 0 Å². The summed E-state index contributed by atoms with van der Waals surface area (Å²) in [5.41, 5.74) is 27.1. The van der Waals surface area contributed by atoms with Gasteiger partial charge in [0.2, 0.25) is 0 Å². The van der Waals surface area contributed by atoms with Crippen molar-refractivity contribution in [3.63, 3.8) is 0 Å². The number of aromatic nitrogens is 10. The van der Waals surface area contributed by atoms with Crippen molar-refractivity contribution in [3.05, 3.63) is 349 Å². The zero-order valence-electron chi connectivity index (χ0n) is 94.9. The first-order valence-electron chi connectivity index (χ1n) is 53.0. The van der Waals surface area contributed by atoms with E-state index in [0.29, 0.717) is 0 Å². The van der Waals surface area contributed by atoms with Crippen molar-refractivity contribution in [1.29, 1.82) is 0 Å². The number of benzene rings is 12. The van der Waals surface area contributed by atoms with E-state index in [9.17, 15) is 0 Å². The molecule has 0 spiro atoms. The first-order chi connectivity index (χ1) is 67.8. The van der Waals surface area contributed by atoms with E-state index in [4.69, 9.17) is 0 Å². The van der Waals surface area contributed by atoms with Gasteiger partial charge in [0.05, 0.1) is 62.5 Å². The Labute approximate surface area is 843 Å². The second-order valence-electron chi connectivity index (χ2n) is 30.7. The van der Waals surface area contributed by atoms with Gasteiger partial charge in [-0.3, -0.25) is 0 Å². The molecular formula is C129H183N10+5. The van der Waals surface area contributed by atoms with Crippen LogP contribution in [-0.4, -0.2) is 22.3 Å². The monoisotopic (exact) mass is 1870 g/mol. The second kappa shape index (κ2) is 62.2. The number of nitrogens with zero attached hydrogens (tertiary/aromatic N) is 10. The van der Waals surface area contributed by atoms with Gasteiger partial charge in [0.25, 0.3) is 28.6 Å². The Morgan fingerprint density at radius 3 is 1.07 bits per heavy atom. The van der Waals surface area contributed by atoms with E-state index in [-0.39, 0.29) is 10.8 Å². The lowest BCUT2D eigenvalue weighted by Gasteiger charge is -2.42. The van der Waals surface area contributed by atoms with E-state index >= 15 is 0 Å². The smallest absolute Gasteiger partial charge is 0.232 e. The number of hydrogen-bond donors (Lipinski definition) is 0. The van der Waals surface area contributed by atoms with E-state index in [2.05, 4.69) is 447 Å². The molecule has 20 aromatic rings. The van der Waals surface area contributed by atoms with Crippen molar-refractivity contribution < 1.29 is 22.8 Å².